The first-order valence-electron chi connectivity index (χ1n) is 10.5. The van der Waals surface area contributed by atoms with Gasteiger partial charge < -0.3 is 24.1 Å². The second kappa shape index (κ2) is 7.74. The number of aromatic nitrogens is 1. The molecule has 3 amide bonds. The number of aromatic hydroxyl groups is 1. The van der Waals surface area contributed by atoms with Gasteiger partial charge in [-0.25, -0.2) is 4.79 Å². The quantitative estimate of drug-likeness (QED) is 0.303. The molecule has 9 nitrogen and oxygen atoms in total. The van der Waals surface area contributed by atoms with E-state index < -0.39 is 17.5 Å². The Labute approximate surface area is 188 Å². The van der Waals surface area contributed by atoms with Crippen molar-refractivity contribution in [3.05, 3.63) is 48.0 Å². The monoisotopic (exact) mass is 447 g/mol. The maximum absolute atomic E-state index is 12.7. The number of carbonyl (C=O) groups is 3. The Morgan fingerprint density at radius 2 is 2.12 bits per heavy atom. The molecule has 3 N–H and O–H groups in total. The normalized spacial score (nSPS) is 19.7. The van der Waals surface area contributed by atoms with Gasteiger partial charge in [0, 0.05) is 23.4 Å². The molecule has 5 rings (SSSR count). The van der Waals surface area contributed by atoms with Crippen LogP contribution in [0.15, 0.2) is 40.9 Å². The summed E-state index contributed by atoms with van der Waals surface area (Å²) in [7, 11) is 1.53. The minimum Gasteiger partial charge on any atom is -0.497 e. The lowest BCUT2D eigenvalue weighted by molar-refractivity contribution is -0.122. The van der Waals surface area contributed by atoms with Gasteiger partial charge in [-0.15, -0.1) is 0 Å². The SMILES string of the molecule is COc1ccc2cn(C[C@@]3(C#Cc4ccc(C(=O)CC5CC5)o4)NC(=O)NC3=O)c(O)c2c1. The summed E-state index contributed by atoms with van der Waals surface area (Å²) in [5, 5.41) is 16.7. The lowest BCUT2D eigenvalue weighted by Crippen LogP contribution is -2.49. The fraction of sp³-hybridized carbons (Fsp3) is 0.292. The Hall–Kier alpha value is -4.19. The van der Waals surface area contributed by atoms with Crippen LogP contribution in [0.1, 0.15) is 35.6 Å². The molecule has 2 fully saturated rings. The van der Waals surface area contributed by atoms with Crippen LogP contribution in [-0.4, -0.2) is 40.0 Å². The molecule has 1 saturated carbocycles. The smallest absolute Gasteiger partial charge is 0.323 e. The summed E-state index contributed by atoms with van der Waals surface area (Å²) in [6.07, 6.45) is 4.23. The van der Waals surface area contributed by atoms with E-state index in [9.17, 15) is 19.5 Å². The number of amides is 3. The van der Waals surface area contributed by atoms with E-state index in [1.54, 1.807) is 36.5 Å². The van der Waals surface area contributed by atoms with Crippen LogP contribution < -0.4 is 15.4 Å². The summed E-state index contributed by atoms with van der Waals surface area (Å²) in [4.78, 5) is 36.9. The van der Waals surface area contributed by atoms with Crippen molar-refractivity contribution in [1.29, 1.82) is 0 Å². The van der Waals surface area contributed by atoms with E-state index in [1.807, 2.05) is 0 Å². The molecular weight excluding hydrogens is 426 g/mol. The van der Waals surface area contributed by atoms with Crippen molar-refractivity contribution in [3.63, 3.8) is 0 Å². The molecule has 3 aromatic rings. The molecule has 1 aliphatic heterocycles. The Morgan fingerprint density at radius 3 is 2.82 bits per heavy atom. The van der Waals surface area contributed by atoms with Crippen molar-refractivity contribution in [3.8, 4) is 23.5 Å². The molecule has 3 heterocycles. The zero-order chi connectivity index (χ0) is 23.2. The summed E-state index contributed by atoms with van der Waals surface area (Å²) in [6, 6.07) is 7.64. The molecule has 33 heavy (non-hydrogen) atoms. The molecular formula is C24H21N3O6. The van der Waals surface area contributed by atoms with Gasteiger partial charge in [0.1, 0.15) is 5.75 Å². The molecule has 1 atom stereocenters. The van der Waals surface area contributed by atoms with Crippen molar-refractivity contribution >= 4 is 28.5 Å². The highest BCUT2D eigenvalue weighted by Crippen LogP contribution is 2.34. The average molecular weight is 447 g/mol. The van der Waals surface area contributed by atoms with Crippen molar-refractivity contribution in [2.45, 2.75) is 31.3 Å². The molecule has 9 heteroatoms. The number of benzene rings is 1. The second-order valence-electron chi connectivity index (χ2n) is 8.33. The first-order chi connectivity index (χ1) is 15.9. The van der Waals surface area contributed by atoms with Gasteiger partial charge in [0.25, 0.3) is 5.91 Å². The maximum Gasteiger partial charge on any atom is 0.323 e. The van der Waals surface area contributed by atoms with Crippen LogP contribution in [0.25, 0.3) is 10.8 Å². The predicted molar refractivity (Wildman–Crippen MR) is 117 cm³/mol. The number of carbonyl (C=O) groups excluding carboxylic acids is 3. The van der Waals surface area contributed by atoms with Gasteiger partial charge >= 0.3 is 6.03 Å². The van der Waals surface area contributed by atoms with Crippen LogP contribution in [-0.2, 0) is 11.3 Å². The topological polar surface area (TPSA) is 123 Å². The number of urea groups is 1. The Kier molecular flexibility index (Phi) is 4.86. The molecule has 2 aromatic heterocycles. The van der Waals surface area contributed by atoms with Crippen LogP contribution in [0, 0.1) is 17.8 Å². The van der Waals surface area contributed by atoms with Gasteiger partial charge in [-0.2, -0.15) is 0 Å². The van der Waals surface area contributed by atoms with Gasteiger partial charge in [-0.05, 0) is 55.0 Å². The highest BCUT2D eigenvalue weighted by Gasteiger charge is 2.46. The number of imide groups is 1. The summed E-state index contributed by atoms with van der Waals surface area (Å²) in [5.74, 6) is 6.15. The second-order valence-corrected chi connectivity index (χ2v) is 8.33. The number of nitrogens with one attached hydrogen (secondary N) is 2. The van der Waals surface area contributed by atoms with Gasteiger partial charge in [-0.1, -0.05) is 5.92 Å². The Bertz CT molecular complexity index is 1350. The number of ketones is 1. The molecule has 1 aliphatic carbocycles. The van der Waals surface area contributed by atoms with Crippen LogP contribution in [0.2, 0.25) is 0 Å². The fourth-order valence-corrected chi connectivity index (χ4v) is 3.87. The molecule has 1 aromatic carbocycles. The summed E-state index contributed by atoms with van der Waals surface area (Å²) in [5.41, 5.74) is -1.64. The van der Waals surface area contributed by atoms with Gasteiger partial charge in [-0.3, -0.25) is 14.9 Å². The van der Waals surface area contributed by atoms with Crippen molar-refractivity contribution in [2.24, 2.45) is 5.92 Å². The third-order valence-electron chi connectivity index (χ3n) is 5.87. The number of Topliss-reactive ketones (excluding diaryl/α,β-unsaturated/α-hetero) is 1. The number of hydrogen-bond acceptors (Lipinski definition) is 6. The molecule has 0 spiro atoms. The van der Waals surface area contributed by atoms with Crippen molar-refractivity contribution in [1.82, 2.24) is 15.2 Å². The molecule has 2 aliphatic rings. The van der Waals surface area contributed by atoms with Crippen LogP contribution in [0.5, 0.6) is 11.6 Å². The fourth-order valence-electron chi connectivity index (χ4n) is 3.87. The third kappa shape index (κ3) is 3.91. The number of nitrogens with zero attached hydrogens (tertiary/aromatic N) is 1. The summed E-state index contributed by atoms with van der Waals surface area (Å²) >= 11 is 0. The highest BCUT2D eigenvalue weighted by atomic mass is 16.5. The number of fused-ring (bicyclic) bond motifs is 1. The van der Waals surface area contributed by atoms with Crippen LogP contribution >= 0.6 is 0 Å². The number of ether oxygens (including phenoxy) is 1. The lowest BCUT2D eigenvalue weighted by atomic mass is 10.0. The first kappa shape index (κ1) is 20.7. The lowest BCUT2D eigenvalue weighted by Gasteiger charge is -2.20. The van der Waals surface area contributed by atoms with E-state index in [1.165, 1.54) is 11.7 Å². The van der Waals surface area contributed by atoms with E-state index in [-0.39, 0.29) is 29.7 Å². The standard InChI is InChI=1S/C24H21N3O6/c1-32-17-5-4-15-12-27(21(29)18(15)11-17)13-24(22(30)25-23(31)26-24)9-8-16-6-7-20(33-16)19(28)10-14-2-3-14/h4-7,11-12,14,29H,2-3,10,13H2,1H3,(H2,25,26,30,31)/t24-/m1/s1. The third-order valence-corrected chi connectivity index (χ3v) is 5.87. The highest BCUT2D eigenvalue weighted by molar-refractivity contribution is 6.09. The van der Waals surface area contributed by atoms with E-state index in [4.69, 9.17) is 9.15 Å². The van der Waals surface area contributed by atoms with Crippen molar-refractivity contribution < 1.29 is 28.6 Å². The number of methoxy groups -OCH3 is 1. The van der Waals surface area contributed by atoms with Gasteiger partial charge in [0.15, 0.2) is 23.2 Å². The average Bonchev–Trinajstić information content (AvgIpc) is 3.27. The van der Waals surface area contributed by atoms with Crippen LogP contribution in [0.4, 0.5) is 4.79 Å². The molecule has 168 valence electrons. The largest absolute Gasteiger partial charge is 0.497 e. The summed E-state index contributed by atoms with van der Waals surface area (Å²) in [6.45, 7) is -0.144. The maximum atomic E-state index is 12.7. The number of rotatable bonds is 6. The Morgan fingerprint density at radius 1 is 1.30 bits per heavy atom. The van der Waals surface area contributed by atoms with E-state index in [0.717, 1.165) is 18.2 Å². The summed E-state index contributed by atoms with van der Waals surface area (Å²) < 4.78 is 12.2. The van der Waals surface area contributed by atoms with Gasteiger partial charge in [0.05, 0.1) is 13.7 Å². The zero-order valence-corrected chi connectivity index (χ0v) is 17.8. The molecule has 1 saturated heterocycles. The van der Waals surface area contributed by atoms with E-state index in [0.29, 0.717) is 23.5 Å². The Balaban J connectivity index is 1.46. The zero-order valence-electron chi connectivity index (χ0n) is 17.8. The minimum atomic E-state index is -1.64. The van der Waals surface area contributed by atoms with Crippen molar-refractivity contribution in [2.75, 3.05) is 7.11 Å². The molecule has 0 unspecified atom stereocenters. The minimum absolute atomic E-state index is 0.0773. The molecule has 0 radical (unpaired) electrons. The number of hydrogen-bond donors (Lipinski definition) is 3. The van der Waals surface area contributed by atoms with Crippen LogP contribution in [0.3, 0.4) is 0 Å². The number of furan rings is 1. The van der Waals surface area contributed by atoms with Gasteiger partial charge in [0.2, 0.25) is 5.54 Å². The van der Waals surface area contributed by atoms with E-state index in [2.05, 4.69) is 22.5 Å². The predicted octanol–water partition coefficient (Wildman–Crippen LogP) is 2.56. The molecule has 0 bridgehead atoms. The first-order valence-corrected chi connectivity index (χ1v) is 10.5. The van der Waals surface area contributed by atoms with E-state index >= 15 is 0 Å².